The van der Waals surface area contributed by atoms with Gasteiger partial charge in [-0.25, -0.2) is 9.78 Å². The number of hydrogen-bond donors (Lipinski definition) is 2. The maximum Gasteiger partial charge on any atom is 0.384 e. The quantitative estimate of drug-likeness (QED) is 0.715. The Morgan fingerprint density at radius 3 is 3.05 bits per heavy atom. The fourth-order valence-corrected chi connectivity index (χ4v) is 2.65. The molecule has 0 spiro atoms. The van der Waals surface area contributed by atoms with Gasteiger partial charge in [0.2, 0.25) is 0 Å². The van der Waals surface area contributed by atoms with Gasteiger partial charge in [0, 0.05) is 17.6 Å². The van der Waals surface area contributed by atoms with E-state index in [1.165, 1.54) is 11.1 Å². The zero-order valence-corrected chi connectivity index (χ0v) is 11.3. The molecule has 0 fully saturated rings. The van der Waals surface area contributed by atoms with Crippen LogP contribution in [0.15, 0.2) is 40.6 Å². The van der Waals surface area contributed by atoms with E-state index in [1.807, 2.05) is 11.4 Å². The van der Waals surface area contributed by atoms with Crippen LogP contribution in [0.25, 0.3) is 11.0 Å². The summed E-state index contributed by atoms with van der Waals surface area (Å²) in [6.45, 7) is 0.659. The van der Waals surface area contributed by atoms with E-state index in [2.05, 4.69) is 21.4 Å². The monoisotopic (exact) mass is 288 g/mol. The smallest absolute Gasteiger partial charge is 0.384 e. The van der Waals surface area contributed by atoms with Crippen molar-refractivity contribution < 1.29 is 5.21 Å². The van der Waals surface area contributed by atoms with E-state index in [-0.39, 0.29) is 5.65 Å². The lowest BCUT2D eigenvalue weighted by Crippen LogP contribution is -2.24. The van der Waals surface area contributed by atoms with Crippen LogP contribution in [0.2, 0.25) is 0 Å². The van der Waals surface area contributed by atoms with Gasteiger partial charge >= 0.3 is 5.69 Å². The topological polar surface area (TPSA) is 80.0 Å². The third-order valence-corrected chi connectivity index (χ3v) is 3.81. The molecule has 6 nitrogen and oxygen atoms in total. The zero-order chi connectivity index (χ0) is 13.9. The summed E-state index contributed by atoms with van der Waals surface area (Å²) in [4.78, 5) is 20.7. The SMILES string of the molecule is O=c1nc(NCCc2cccs2)c2cccnc2n1O. The Morgan fingerprint density at radius 1 is 1.35 bits per heavy atom. The van der Waals surface area contributed by atoms with Gasteiger partial charge in [-0.2, -0.15) is 4.98 Å². The highest BCUT2D eigenvalue weighted by Gasteiger charge is 2.09. The molecule has 0 bridgehead atoms. The number of hydrogen-bond acceptors (Lipinski definition) is 6. The molecule has 0 aliphatic rings. The fourth-order valence-electron chi connectivity index (χ4n) is 1.94. The molecule has 0 atom stereocenters. The molecule has 3 aromatic rings. The highest BCUT2D eigenvalue weighted by molar-refractivity contribution is 7.09. The number of pyridine rings is 1. The van der Waals surface area contributed by atoms with E-state index in [0.29, 0.717) is 22.5 Å². The lowest BCUT2D eigenvalue weighted by Gasteiger charge is -2.08. The molecule has 7 heteroatoms. The number of nitrogens with zero attached hydrogens (tertiary/aromatic N) is 3. The maximum absolute atomic E-state index is 11.6. The Hall–Kier alpha value is -2.41. The molecule has 0 saturated carbocycles. The molecule has 0 aliphatic carbocycles. The van der Waals surface area contributed by atoms with Crippen molar-refractivity contribution in [2.45, 2.75) is 6.42 Å². The second kappa shape index (κ2) is 5.30. The van der Waals surface area contributed by atoms with Gasteiger partial charge in [0.25, 0.3) is 0 Å². The first kappa shape index (κ1) is 12.6. The van der Waals surface area contributed by atoms with Gasteiger partial charge in [0.1, 0.15) is 5.82 Å². The van der Waals surface area contributed by atoms with Gasteiger partial charge in [0.15, 0.2) is 5.65 Å². The number of rotatable bonds is 4. The van der Waals surface area contributed by atoms with Gasteiger partial charge < -0.3 is 10.5 Å². The molecule has 2 N–H and O–H groups in total. The Bertz CT molecular complexity index is 783. The Balaban J connectivity index is 1.87. The number of nitrogens with one attached hydrogen (secondary N) is 1. The minimum absolute atomic E-state index is 0.200. The first-order chi connectivity index (χ1) is 9.75. The summed E-state index contributed by atoms with van der Waals surface area (Å²) in [5, 5.41) is 15.4. The highest BCUT2D eigenvalue weighted by Crippen LogP contribution is 2.17. The van der Waals surface area contributed by atoms with Crippen molar-refractivity contribution in [2.24, 2.45) is 0 Å². The fraction of sp³-hybridized carbons (Fsp3) is 0.154. The number of anilines is 1. The minimum atomic E-state index is -0.741. The molecular formula is C13H12N4O2S. The third-order valence-electron chi connectivity index (χ3n) is 2.88. The van der Waals surface area contributed by atoms with Gasteiger partial charge in [0.05, 0.1) is 5.39 Å². The van der Waals surface area contributed by atoms with E-state index in [9.17, 15) is 10.0 Å². The Kier molecular flexibility index (Phi) is 3.34. The largest absolute Gasteiger partial charge is 0.422 e. The summed E-state index contributed by atoms with van der Waals surface area (Å²) in [7, 11) is 0. The summed E-state index contributed by atoms with van der Waals surface area (Å²) < 4.78 is 0.458. The predicted octanol–water partition coefficient (Wildman–Crippen LogP) is 1.74. The normalized spacial score (nSPS) is 10.8. The summed E-state index contributed by atoms with van der Waals surface area (Å²) in [6, 6.07) is 7.56. The minimum Gasteiger partial charge on any atom is -0.422 e. The second-order valence-corrected chi connectivity index (χ2v) is 5.22. The van der Waals surface area contributed by atoms with Crippen molar-refractivity contribution in [1.29, 1.82) is 0 Å². The van der Waals surface area contributed by atoms with Crippen LogP contribution in [0.4, 0.5) is 5.82 Å². The number of fused-ring (bicyclic) bond motifs is 1. The molecule has 0 radical (unpaired) electrons. The molecule has 0 aliphatic heterocycles. The molecule has 3 heterocycles. The average Bonchev–Trinajstić information content (AvgIpc) is 2.97. The van der Waals surface area contributed by atoms with Crippen LogP contribution in [0.5, 0.6) is 0 Å². The lowest BCUT2D eigenvalue weighted by atomic mass is 10.3. The molecule has 20 heavy (non-hydrogen) atoms. The second-order valence-electron chi connectivity index (χ2n) is 4.19. The van der Waals surface area contributed by atoms with E-state index in [1.54, 1.807) is 23.5 Å². The van der Waals surface area contributed by atoms with Gasteiger partial charge in [-0.05, 0) is 30.0 Å². The van der Waals surface area contributed by atoms with Crippen molar-refractivity contribution in [1.82, 2.24) is 14.7 Å². The van der Waals surface area contributed by atoms with Crippen molar-refractivity contribution >= 4 is 28.2 Å². The van der Waals surface area contributed by atoms with Crippen molar-refractivity contribution in [3.8, 4) is 0 Å². The van der Waals surface area contributed by atoms with Crippen LogP contribution in [-0.2, 0) is 6.42 Å². The standard InChI is InChI=1S/C13H12N4O2S/c18-13-16-11(14-7-5-9-3-2-8-20-9)10-4-1-6-15-12(10)17(13)19/h1-4,6,8,19H,5,7H2,(H,14,16,18). The Morgan fingerprint density at radius 2 is 2.25 bits per heavy atom. The van der Waals surface area contributed by atoms with Crippen LogP contribution >= 0.6 is 11.3 Å². The molecule has 3 rings (SSSR count). The first-order valence-corrected chi connectivity index (χ1v) is 6.97. The number of thiophene rings is 1. The molecule has 102 valence electrons. The molecule has 3 aromatic heterocycles. The van der Waals surface area contributed by atoms with E-state index < -0.39 is 5.69 Å². The van der Waals surface area contributed by atoms with Gasteiger partial charge in [-0.3, -0.25) is 0 Å². The molecule has 0 aromatic carbocycles. The zero-order valence-electron chi connectivity index (χ0n) is 10.5. The van der Waals surface area contributed by atoms with Crippen LogP contribution in [-0.4, -0.2) is 26.5 Å². The molecule has 0 amide bonds. The van der Waals surface area contributed by atoms with Crippen LogP contribution in [0.1, 0.15) is 4.88 Å². The van der Waals surface area contributed by atoms with Gasteiger partial charge in [-0.15, -0.1) is 16.1 Å². The molecule has 0 saturated heterocycles. The van der Waals surface area contributed by atoms with Gasteiger partial charge in [-0.1, -0.05) is 6.07 Å². The van der Waals surface area contributed by atoms with Crippen LogP contribution in [0.3, 0.4) is 0 Å². The van der Waals surface area contributed by atoms with E-state index >= 15 is 0 Å². The van der Waals surface area contributed by atoms with Crippen molar-refractivity contribution in [3.63, 3.8) is 0 Å². The predicted molar refractivity (Wildman–Crippen MR) is 77.5 cm³/mol. The highest BCUT2D eigenvalue weighted by atomic mass is 32.1. The first-order valence-electron chi connectivity index (χ1n) is 6.09. The third kappa shape index (κ3) is 2.35. The summed E-state index contributed by atoms with van der Waals surface area (Å²) in [5.41, 5.74) is -0.541. The van der Waals surface area contributed by atoms with Crippen molar-refractivity contribution in [3.05, 3.63) is 51.2 Å². The maximum atomic E-state index is 11.6. The van der Waals surface area contributed by atoms with E-state index in [0.717, 1.165) is 6.42 Å². The Labute approximate surface area is 118 Å². The number of aromatic nitrogens is 3. The average molecular weight is 288 g/mol. The summed E-state index contributed by atoms with van der Waals surface area (Å²) in [6.07, 6.45) is 2.37. The summed E-state index contributed by atoms with van der Waals surface area (Å²) >= 11 is 1.69. The molecule has 0 unspecified atom stereocenters. The summed E-state index contributed by atoms with van der Waals surface area (Å²) in [5.74, 6) is 0.444. The van der Waals surface area contributed by atoms with E-state index in [4.69, 9.17) is 0 Å². The van der Waals surface area contributed by atoms with Crippen molar-refractivity contribution in [2.75, 3.05) is 11.9 Å². The molecular weight excluding hydrogens is 276 g/mol. The lowest BCUT2D eigenvalue weighted by molar-refractivity contribution is 0.182. The van der Waals surface area contributed by atoms with Crippen LogP contribution in [0, 0.1) is 0 Å². The van der Waals surface area contributed by atoms with Crippen LogP contribution < -0.4 is 11.0 Å².